The van der Waals surface area contributed by atoms with E-state index >= 15 is 0 Å². The molecule has 0 N–H and O–H groups in total. The Morgan fingerprint density at radius 2 is 1.12 bits per heavy atom. The summed E-state index contributed by atoms with van der Waals surface area (Å²) < 4.78 is 4.06. The first-order chi connectivity index (χ1) is 11.4. The van der Waals surface area contributed by atoms with E-state index in [4.69, 9.17) is 15.2 Å². The fourth-order valence-electron chi connectivity index (χ4n) is 2.99. The summed E-state index contributed by atoms with van der Waals surface area (Å²) >= 11 is 0. The largest absolute Gasteiger partial charge is 0.267 e. The minimum absolute atomic E-state index is 0.339. The molecule has 0 spiro atoms. The summed E-state index contributed by atoms with van der Waals surface area (Å²) in [4.78, 5) is 4.79. The zero-order chi connectivity index (χ0) is 17.4. The van der Waals surface area contributed by atoms with Crippen molar-refractivity contribution in [3.8, 4) is 22.8 Å². The first-order valence-corrected chi connectivity index (χ1v) is 8.47. The molecule has 126 valence electrons. The van der Waals surface area contributed by atoms with Crippen LogP contribution < -0.4 is 0 Å². The summed E-state index contributed by atoms with van der Waals surface area (Å²) in [5.74, 6) is 0. The van der Waals surface area contributed by atoms with Crippen LogP contribution in [0.25, 0.3) is 22.8 Å². The first-order valence-electron chi connectivity index (χ1n) is 8.47. The Morgan fingerprint density at radius 3 is 1.46 bits per heavy atom. The summed E-state index contributed by atoms with van der Waals surface area (Å²) in [5, 5.41) is 9.39. The highest BCUT2D eigenvalue weighted by atomic mass is 15.3. The van der Waals surface area contributed by atoms with Gasteiger partial charge in [-0.05, 0) is 65.8 Å². The summed E-state index contributed by atoms with van der Waals surface area (Å²) in [5.41, 5.74) is 5.86. The van der Waals surface area contributed by atoms with Crippen molar-refractivity contribution < 1.29 is 0 Å². The van der Waals surface area contributed by atoms with Gasteiger partial charge in [0.05, 0.1) is 11.4 Å². The van der Waals surface area contributed by atoms with Crippen LogP contribution in [-0.4, -0.2) is 24.5 Å². The van der Waals surface area contributed by atoms with Crippen LogP contribution in [-0.2, 0) is 0 Å². The minimum Gasteiger partial charge on any atom is -0.267 e. The molecule has 0 atom stereocenters. The third-order valence-electron chi connectivity index (χ3n) is 4.10. The van der Waals surface area contributed by atoms with Crippen molar-refractivity contribution in [1.82, 2.24) is 24.5 Å². The Morgan fingerprint density at radius 1 is 0.708 bits per heavy atom. The topological polar surface area (TPSA) is 48.5 Å². The van der Waals surface area contributed by atoms with Crippen LogP contribution in [0.1, 0.15) is 51.2 Å². The normalized spacial score (nSPS) is 11.7. The van der Waals surface area contributed by atoms with Crippen LogP contribution >= 0.6 is 0 Å². The zero-order valence-corrected chi connectivity index (χ0v) is 15.3. The summed E-state index contributed by atoms with van der Waals surface area (Å²) in [6.07, 6.45) is 0. The molecule has 0 aliphatic carbocycles. The van der Waals surface area contributed by atoms with Crippen molar-refractivity contribution in [2.75, 3.05) is 0 Å². The predicted octanol–water partition coefficient (Wildman–Crippen LogP) is 4.59. The van der Waals surface area contributed by atoms with Gasteiger partial charge < -0.3 is 0 Å². The second-order valence-electron chi connectivity index (χ2n) is 6.83. The van der Waals surface area contributed by atoms with Crippen molar-refractivity contribution in [2.24, 2.45) is 0 Å². The summed E-state index contributed by atoms with van der Waals surface area (Å²) in [7, 11) is 0. The molecule has 3 rings (SSSR count). The molecule has 0 aliphatic heterocycles. The smallest absolute Gasteiger partial charge is 0.111 e. The Labute approximate surface area is 143 Å². The maximum Gasteiger partial charge on any atom is 0.111 e. The molecule has 5 heteroatoms. The quantitative estimate of drug-likeness (QED) is 0.705. The van der Waals surface area contributed by atoms with Crippen LogP contribution in [0, 0.1) is 13.8 Å². The van der Waals surface area contributed by atoms with Gasteiger partial charge >= 0.3 is 0 Å². The van der Waals surface area contributed by atoms with E-state index in [0.717, 1.165) is 34.2 Å². The van der Waals surface area contributed by atoms with Crippen LogP contribution in [0.15, 0.2) is 30.3 Å². The third-order valence-corrected chi connectivity index (χ3v) is 4.10. The molecule has 0 fully saturated rings. The number of pyridine rings is 1. The molecule has 0 saturated heterocycles. The van der Waals surface area contributed by atoms with Crippen molar-refractivity contribution in [1.29, 1.82) is 0 Å². The Hall–Kier alpha value is -2.43. The maximum absolute atomic E-state index is 4.79. The fourth-order valence-corrected chi connectivity index (χ4v) is 2.99. The lowest BCUT2D eigenvalue weighted by molar-refractivity contribution is 0.520. The highest BCUT2D eigenvalue weighted by molar-refractivity contribution is 5.62. The van der Waals surface area contributed by atoms with Gasteiger partial charge in [0.1, 0.15) is 11.4 Å². The first kappa shape index (κ1) is 16.4. The Bertz CT molecular complexity index is 787. The lowest BCUT2D eigenvalue weighted by Gasteiger charge is -2.07. The number of hydrogen-bond acceptors (Lipinski definition) is 3. The average molecular weight is 323 g/mol. The number of aryl methyl sites for hydroxylation is 2. The van der Waals surface area contributed by atoms with Crippen LogP contribution in [0.5, 0.6) is 0 Å². The highest BCUT2D eigenvalue weighted by Crippen LogP contribution is 2.24. The molecule has 3 aromatic heterocycles. The van der Waals surface area contributed by atoms with Crippen molar-refractivity contribution in [2.45, 2.75) is 53.6 Å². The van der Waals surface area contributed by atoms with Crippen molar-refractivity contribution in [3.63, 3.8) is 0 Å². The number of rotatable bonds is 4. The highest BCUT2D eigenvalue weighted by Gasteiger charge is 2.13. The molecule has 24 heavy (non-hydrogen) atoms. The van der Waals surface area contributed by atoms with Gasteiger partial charge in [0.2, 0.25) is 0 Å². The van der Waals surface area contributed by atoms with E-state index in [9.17, 15) is 0 Å². The molecule has 5 nitrogen and oxygen atoms in total. The Balaban J connectivity index is 2.01. The number of nitrogens with zero attached hydrogens (tertiary/aromatic N) is 5. The molecule has 0 unspecified atom stereocenters. The summed E-state index contributed by atoms with van der Waals surface area (Å²) in [6, 6.07) is 10.9. The van der Waals surface area contributed by atoms with Gasteiger partial charge in [-0.15, -0.1) is 0 Å². The maximum atomic E-state index is 4.79. The van der Waals surface area contributed by atoms with Gasteiger partial charge in [0, 0.05) is 23.5 Å². The average Bonchev–Trinajstić information content (AvgIpc) is 3.11. The third kappa shape index (κ3) is 2.98. The molecule has 0 bridgehead atoms. The molecule has 0 saturated carbocycles. The van der Waals surface area contributed by atoms with E-state index in [2.05, 4.69) is 53.7 Å². The lowest BCUT2D eigenvalue weighted by Crippen LogP contribution is -2.05. The van der Waals surface area contributed by atoms with E-state index in [1.165, 1.54) is 0 Å². The zero-order valence-electron chi connectivity index (χ0n) is 15.3. The SMILES string of the molecule is Cc1cc(-c2cccc(-c3cc(C)n(C(C)C)n3)n2)nn1C(C)C. The van der Waals surface area contributed by atoms with Gasteiger partial charge in [0.15, 0.2) is 0 Å². The summed E-state index contributed by atoms with van der Waals surface area (Å²) in [6.45, 7) is 12.7. The second-order valence-corrected chi connectivity index (χ2v) is 6.83. The van der Waals surface area contributed by atoms with Gasteiger partial charge in [0.25, 0.3) is 0 Å². The number of aromatic nitrogens is 5. The fraction of sp³-hybridized carbons (Fsp3) is 0.421. The van der Waals surface area contributed by atoms with Gasteiger partial charge in [-0.25, -0.2) is 4.98 Å². The van der Waals surface area contributed by atoms with Crippen LogP contribution in [0.2, 0.25) is 0 Å². The molecule has 0 radical (unpaired) electrons. The van der Waals surface area contributed by atoms with E-state index in [0.29, 0.717) is 12.1 Å². The van der Waals surface area contributed by atoms with Gasteiger partial charge in [-0.3, -0.25) is 9.36 Å². The van der Waals surface area contributed by atoms with E-state index < -0.39 is 0 Å². The lowest BCUT2D eigenvalue weighted by atomic mass is 10.2. The molecule has 3 aromatic rings. The van der Waals surface area contributed by atoms with Crippen molar-refractivity contribution >= 4 is 0 Å². The van der Waals surface area contributed by atoms with Crippen LogP contribution in [0.4, 0.5) is 0 Å². The molecule has 0 aromatic carbocycles. The predicted molar refractivity (Wildman–Crippen MR) is 96.9 cm³/mol. The van der Waals surface area contributed by atoms with Crippen LogP contribution in [0.3, 0.4) is 0 Å². The minimum atomic E-state index is 0.339. The molecular weight excluding hydrogens is 298 g/mol. The van der Waals surface area contributed by atoms with E-state index in [1.54, 1.807) is 0 Å². The standard InChI is InChI=1S/C19H25N5/c1-12(2)23-14(5)10-18(21-23)16-8-7-9-17(20-16)19-11-15(6)24(22-19)13(3)4/h7-13H,1-6H3. The van der Waals surface area contributed by atoms with Gasteiger partial charge in [-0.1, -0.05) is 6.07 Å². The van der Waals surface area contributed by atoms with Crippen molar-refractivity contribution in [3.05, 3.63) is 41.7 Å². The van der Waals surface area contributed by atoms with E-state index in [-0.39, 0.29) is 0 Å². The number of hydrogen-bond donors (Lipinski definition) is 0. The Kier molecular flexibility index (Phi) is 4.26. The van der Waals surface area contributed by atoms with Gasteiger partial charge in [-0.2, -0.15) is 10.2 Å². The second kappa shape index (κ2) is 6.23. The molecule has 0 aliphatic rings. The molecular formula is C19H25N5. The monoisotopic (exact) mass is 323 g/mol. The molecule has 3 heterocycles. The van der Waals surface area contributed by atoms with E-state index in [1.807, 2.05) is 27.6 Å². The molecule has 0 amide bonds.